The summed E-state index contributed by atoms with van der Waals surface area (Å²) in [4.78, 5) is 1.24. The Hall–Kier alpha value is -0.230. The summed E-state index contributed by atoms with van der Waals surface area (Å²) in [6, 6.07) is 7.48. The molecule has 0 saturated carbocycles. The van der Waals surface area contributed by atoms with Gasteiger partial charge in [-0.15, -0.1) is 11.3 Å². The smallest absolute Gasteiger partial charge is 0.137 e. The van der Waals surface area contributed by atoms with E-state index in [0.29, 0.717) is 4.47 Å². The monoisotopic (exact) mass is 419 g/mol. The number of aryl methyl sites for hydroxylation is 1. The molecule has 0 aliphatic carbocycles. The van der Waals surface area contributed by atoms with E-state index < -0.39 is 0 Å². The number of nitrogens with one attached hydrogen (secondary N) is 1. The Morgan fingerprint density at radius 3 is 2.60 bits per heavy atom. The molecule has 1 N–H and O–H groups in total. The normalized spacial score (nSPS) is 12.7. The first kappa shape index (κ1) is 16.1. The highest BCUT2D eigenvalue weighted by molar-refractivity contribution is 9.11. The molecule has 0 amide bonds. The minimum Gasteiger partial charge on any atom is -0.306 e. The molecule has 20 heavy (non-hydrogen) atoms. The maximum atomic E-state index is 13.4. The summed E-state index contributed by atoms with van der Waals surface area (Å²) in [7, 11) is 0. The number of rotatable bonds is 5. The Morgan fingerprint density at radius 2 is 2.05 bits per heavy atom. The molecule has 1 aromatic carbocycles. The van der Waals surface area contributed by atoms with Gasteiger partial charge in [-0.05, 0) is 81.1 Å². The van der Waals surface area contributed by atoms with Gasteiger partial charge in [0.15, 0.2) is 0 Å². The van der Waals surface area contributed by atoms with Crippen molar-refractivity contribution in [2.75, 3.05) is 6.54 Å². The highest BCUT2D eigenvalue weighted by Crippen LogP contribution is 2.35. The van der Waals surface area contributed by atoms with Crippen LogP contribution in [0.15, 0.2) is 32.5 Å². The Morgan fingerprint density at radius 1 is 1.30 bits per heavy atom. The molecule has 1 nitrogen and oxygen atoms in total. The van der Waals surface area contributed by atoms with Crippen molar-refractivity contribution >= 4 is 43.2 Å². The van der Waals surface area contributed by atoms with Crippen LogP contribution in [0, 0.1) is 12.7 Å². The van der Waals surface area contributed by atoms with Crippen LogP contribution in [-0.4, -0.2) is 6.54 Å². The van der Waals surface area contributed by atoms with Gasteiger partial charge < -0.3 is 5.32 Å². The molecule has 2 rings (SSSR count). The van der Waals surface area contributed by atoms with Crippen LogP contribution in [0.25, 0.3) is 0 Å². The molecular formula is C15H16Br2FNS. The van der Waals surface area contributed by atoms with Crippen LogP contribution in [0.3, 0.4) is 0 Å². The van der Waals surface area contributed by atoms with Gasteiger partial charge in [-0.2, -0.15) is 0 Å². The first-order valence-electron chi connectivity index (χ1n) is 6.47. The van der Waals surface area contributed by atoms with Gasteiger partial charge in [-0.25, -0.2) is 4.39 Å². The molecule has 5 heteroatoms. The number of halogens is 3. The maximum Gasteiger partial charge on any atom is 0.137 e. The van der Waals surface area contributed by atoms with Crippen LogP contribution in [-0.2, 0) is 0 Å². The number of benzene rings is 1. The molecule has 1 unspecified atom stereocenters. The second kappa shape index (κ2) is 7.16. The summed E-state index contributed by atoms with van der Waals surface area (Å²) in [5.74, 6) is -0.230. The van der Waals surface area contributed by atoms with Crippen molar-refractivity contribution in [2.45, 2.75) is 26.3 Å². The van der Waals surface area contributed by atoms with E-state index in [9.17, 15) is 4.39 Å². The summed E-state index contributed by atoms with van der Waals surface area (Å²) in [6.07, 6.45) is 1.06. The molecule has 108 valence electrons. The third-order valence-electron chi connectivity index (χ3n) is 3.04. The number of hydrogen-bond donors (Lipinski definition) is 1. The van der Waals surface area contributed by atoms with Crippen LogP contribution >= 0.6 is 43.2 Å². The molecule has 2 aromatic rings. The van der Waals surface area contributed by atoms with E-state index in [1.54, 1.807) is 11.3 Å². The average molecular weight is 421 g/mol. The molecule has 1 heterocycles. The number of hydrogen-bond acceptors (Lipinski definition) is 2. The van der Waals surface area contributed by atoms with Gasteiger partial charge in [0.1, 0.15) is 5.82 Å². The summed E-state index contributed by atoms with van der Waals surface area (Å²) < 4.78 is 15.1. The fourth-order valence-corrected chi connectivity index (χ4v) is 4.06. The second-order valence-electron chi connectivity index (χ2n) is 4.67. The highest BCUT2D eigenvalue weighted by atomic mass is 79.9. The molecule has 0 aliphatic heterocycles. The Kier molecular flexibility index (Phi) is 5.78. The van der Waals surface area contributed by atoms with Crippen molar-refractivity contribution in [2.24, 2.45) is 0 Å². The maximum absolute atomic E-state index is 13.4. The lowest BCUT2D eigenvalue weighted by molar-refractivity contribution is 0.596. The largest absolute Gasteiger partial charge is 0.306 e. The van der Waals surface area contributed by atoms with Crippen molar-refractivity contribution in [3.05, 3.63) is 54.3 Å². The predicted molar refractivity (Wildman–Crippen MR) is 91.0 cm³/mol. The first-order chi connectivity index (χ1) is 9.52. The topological polar surface area (TPSA) is 12.0 Å². The fraction of sp³-hybridized carbons (Fsp3) is 0.333. The lowest BCUT2D eigenvalue weighted by atomic mass is 10.0. The van der Waals surface area contributed by atoms with Crippen LogP contribution in [0.4, 0.5) is 4.39 Å². The zero-order chi connectivity index (χ0) is 14.7. The molecule has 0 radical (unpaired) electrons. The molecule has 1 aromatic heterocycles. The third-order valence-corrected chi connectivity index (χ3v) is 5.85. The van der Waals surface area contributed by atoms with Crippen molar-refractivity contribution in [3.63, 3.8) is 0 Å². The lowest BCUT2D eigenvalue weighted by Crippen LogP contribution is -2.22. The molecule has 0 saturated heterocycles. The summed E-state index contributed by atoms with van der Waals surface area (Å²) in [5, 5.41) is 3.54. The zero-order valence-electron chi connectivity index (χ0n) is 11.3. The van der Waals surface area contributed by atoms with E-state index in [1.165, 1.54) is 16.5 Å². The SMILES string of the molecule is CCCNC(c1ccc(F)c(Br)c1)c1cc(C)c(Br)s1. The van der Waals surface area contributed by atoms with E-state index in [1.807, 2.05) is 12.1 Å². The third kappa shape index (κ3) is 3.70. The van der Waals surface area contributed by atoms with Gasteiger partial charge in [0, 0.05) is 4.88 Å². The molecule has 0 fully saturated rings. The van der Waals surface area contributed by atoms with Crippen molar-refractivity contribution < 1.29 is 4.39 Å². The minimum absolute atomic E-state index is 0.0989. The van der Waals surface area contributed by atoms with Crippen molar-refractivity contribution in [1.82, 2.24) is 5.32 Å². The predicted octanol–water partition coefficient (Wildman–Crippen LogP) is 5.81. The van der Waals surface area contributed by atoms with Gasteiger partial charge in [-0.1, -0.05) is 13.0 Å². The highest BCUT2D eigenvalue weighted by Gasteiger charge is 2.18. The van der Waals surface area contributed by atoms with Crippen LogP contribution < -0.4 is 5.32 Å². The summed E-state index contributed by atoms with van der Waals surface area (Å²) in [5.41, 5.74) is 2.30. The quantitative estimate of drug-likeness (QED) is 0.643. The minimum atomic E-state index is -0.230. The van der Waals surface area contributed by atoms with E-state index in [-0.39, 0.29) is 11.9 Å². The zero-order valence-corrected chi connectivity index (χ0v) is 15.3. The van der Waals surface area contributed by atoms with Crippen LogP contribution in [0.2, 0.25) is 0 Å². The fourth-order valence-electron chi connectivity index (χ4n) is 1.99. The Balaban J connectivity index is 2.38. The van der Waals surface area contributed by atoms with Crippen LogP contribution in [0.1, 0.15) is 35.4 Å². The first-order valence-corrected chi connectivity index (χ1v) is 8.87. The van der Waals surface area contributed by atoms with E-state index in [2.05, 4.69) is 57.1 Å². The second-order valence-corrected chi connectivity index (χ2v) is 7.92. The molecular weight excluding hydrogens is 405 g/mol. The van der Waals surface area contributed by atoms with Gasteiger partial charge in [0.2, 0.25) is 0 Å². The summed E-state index contributed by atoms with van der Waals surface area (Å²) in [6.45, 7) is 5.15. The van der Waals surface area contributed by atoms with E-state index >= 15 is 0 Å². The van der Waals surface area contributed by atoms with Crippen LogP contribution in [0.5, 0.6) is 0 Å². The average Bonchev–Trinajstić information content (AvgIpc) is 2.74. The Labute approximate surface area is 139 Å². The van der Waals surface area contributed by atoms with E-state index in [0.717, 1.165) is 22.3 Å². The van der Waals surface area contributed by atoms with Gasteiger partial charge >= 0.3 is 0 Å². The van der Waals surface area contributed by atoms with Crippen molar-refractivity contribution in [1.29, 1.82) is 0 Å². The van der Waals surface area contributed by atoms with Gasteiger partial charge in [0.05, 0.1) is 14.3 Å². The molecule has 0 bridgehead atoms. The summed E-state index contributed by atoms with van der Waals surface area (Å²) >= 11 is 8.56. The Bertz CT molecular complexity index is 578. The van der Waals surface area contributed by atoms with Gasteiger partial charge in [0.25, 0.3) is 0 Å². The van der Waals surface area contributed by atoms with E-state index in [4.69, 9.17) is 0 Å². The molecule has 0 spiro atoms. The molecule has 1 atom stereocenters. The van der Waals surface area contributed by atoms with Gasteiger partial charge in [-0.3, -0.25) is 0 Å². The molecule has 0 aliphatic rings. The lowest BCUT2D eigenvalue weighted by Gasteiger charge is -2.18. The standard InChI is InChI=1S/C15H16Br2FNS/c1-3-6-19-14(13-7-9(2)15(17)20-13)10-4-5-12(18)11(16)8-10/h4-5,7-8,14,19H,3,6H2,1-2H3. The number of thiophene rings is 1. The van der Waals surface area contributed by atoms with Crippen molar-refractivity contribution in [3.8, 4) is 0 Å².